The van der Waals surface area contributed by atoms with Gasteiger partial charge in [-0.15, -0.1) is 0 Å². The van der Waals surface area contributed by atoms with Gasteiger partial charge in [-0.05, 0) is 18.2 Å². The van der Waals surface area contributed by atoms with Crippen LogP contribution in [0.3, 0.4) is 0 Å². The van der Waals surface area contributed by atoms with E-state index in [2.05, 4.69) is 0 Å². The van der Waals surface area contributed by atoms with Crippen LogP contribution >= 0.6 is 0 Å². The fourth-order valence-electron chi connectivity index (χ4n) is 1.55. The Morgan fingerprint density at radius 2 is 1.86 bits per heavy atom. The van der Waals surface area contributed by atoms with Crippen molar-refractivity contribution in [2.45, 2.75) is 0 Å². The third kappa shape index (κ3) is 3.11. The normalized spacial score (nSPS) is 10.2. The van der Waals surface area contributed by atoms with Crippen molar-refractivity contribution in [3.8, 4) is 11.5 Å². The molecule has 0 spiro atoms. The maximum Gasteiger partial charge on any atom is 0.335 e. The molecule has 1 N–H and O–H groups in total. The number of rotatable bonds is 4. The van der Waals surface area contributed by atoms with Crippen LogP contribution in [0.15, 0.2) is 36.4 Å². The van der Waals surface area contributed by atoms with Crippen LogP contribution in [0.25, 0.3) is 0 Å². The van der Waals surface area contributed by atoms with Crippen molar-refractivity contribution in [2.24, 2.45) is 0 Å². The van der Waals surface area contributed by atoms with E-state index in [0.717, 1.165) is 30.3 Å². The lowest BCUT2D eigenvalue weighted by molar-refractivity contribution is -0.385. The smallest absolute Gasteiger partial charge is 0.335 e. The highest BCUT2D eigenvalue weighted by molar-refractivity contribution is 5.88. The number of carboxylic acids is 1. The molecule has 0 heterocycles. The Hall–Kier alpha value is -3.03. The lowest BCUT2D eigenvalue weighted by Crippen LogP contribution is -2.00. The molecule has 0 aliphatic heterocycles. The number of nitrogens with zero attached hydrogens (tertiary/aromatic N) is 1. The first-order chi connectivity index (χ1) is 9.88. The molecule has 0 aliphatic rings. The van der Waals surface area contributed by atoms with Gasteiger partial charge in [0.05, 0.1) is 10.5 Å². The Morgan fingerprint density at radius 3 is 2.43 bits per heavy atom. The molecule has 2 aromatic carbocycles. The first-order valence-corrected chi connectivity index (χ1v) is 5.53. The second kappa shape index (κ2) is 5.53. The number of benzene rings is 2. The molecular weight excluding hydrogens is 288 g/mol. The molecule has 0 amide bonds. The largest absolute Gasteiger partial charge is 0.478 e. The number of halogens is 2. The molecule has 2 aromatic rings. The number of hydrogen-bond donors (Lipinski definition) is 1. The van der Waals surface area contributed by atoms with Gasteiger partial charge in [0.1, 0.15) is 5.75 Å². The molecule has 0 fully saturated rings. The van der Waals surface area contributed by atoms with Crippen LogP contribution in [-0.2, 0) is 0 Å². The molecular formula is C13H7F2NO5. The number of ether oxygens (including phenoxy) is 1. The van der Waals surface area contributed by atoms with E-state index < -0.39 is 28.2 Å². The van der Waals surface area contributed by atoms with E-state index in [-0.39, 0.29) is 17.1 Å². The van der Waals surface area contributed by atoms with E-state index in [4.69, 9.17) is 9.84 Å². The summed E-state index contributed by atoms with van der Waals surface area (Å²) >= 11 is 0. The molecule has 108 valence electrons. The molecule has 0 bridgehead atoms. The van der Waals surface area contributed by atoms with Crippen LogP contribution in [0.4, 0.5) is 14.5 Å². The van der Waals surface area contributed by atoms with Crippen LogP contribution in [0.2, 0.25) is 0 Å². The van der Waals surface area contributed by atoms with Gasteiger partial charge in [-0.25, -0.2) is 13.6 Å². The predicted molar refractivity (Wildman–Crippen MR) is 66.5 cm³/mol. The Kier molecular flexibility index (Phi) is 3.79. The first kappa shape index (κ1) is 14.4. The van der Waals surface area contributed by atoms with Crippen molar-refractivity contribution >= 4 is 11.7 Å². The van der Waals surface area contributed by atoms with E-state index in [1.165, 1.54) is 0 Å². The fourth-order valence-corrected chi connectivity index (χ4v) is 1.55. The molecule has 0 atom stereocenters. The zero-order valence-electron chi connectivity index (χ0n) is 10.2. The van der Waals surface area contributed by atoms with Crippen molar-refractivity contribution in [1.82, 2.24) is 0 Å². The van der Waals surface area contributed by atoms with Gasteiger partial charge in [-0.1, -0.05) is 0 Å². The van der Waals surface area contributed by atoms with Crippen molar-refractivity contribution in [3.05, 3.63) is 63.7 Å². The summed E-state index contributed by atoms with van der Waals surface area (Å²) in [6, 6.07) is 5.48. The van der Waals surface area contributed by atoms with E-state index in [9.17, 15) is 23.7 Å². The lowest BCUT2D eigenvalue weighted by atomic mass is 10.2. The summed E-state index contributed by atoms with van der Waals surface area (Å²) in [5.74, 6) is -4.17. The minimum absolute atomic E-state index is 0.195. The summed E-state index contributed by atoms with van der Waals surface area (Å²) in [5.41, 5.74) is -0.733. The number of hydrogen-bond acceptors (Lipinski definition) is 4. The molecule has 8 heteroatoms. The van der Waals surface area contributed by atoms with E-state index in [1.807, 2.05) is 0 Å². The fraction of sp³-hybridized carbons (Fsp3) is 0. The van der Waals surface area contributed by atoms with Crippen LogP contribution in [0.5, 0.6) is 11.5 Å². The quantitative estimate of drug-likeness (QED) is 0.690. The predicted octanol–water partition coefficient (Wildman–Crippen LogP) is 3.36. The van der Waals surface area contributed by atoms with Crippen molar-refractivity contribution < 1.29 is 28.3 Å². The van der Waals surface area contributed by atoms with Gasteiger partial charge in [0.15, 0.2) is 11.6 Å². The van der Waals surface area contributed by atoms with Crippen LogP contribution in [0, 0.1) is 21.7 Å². The highest BCUT2D eigenvalue weighted by Gasteiger charge is 2.19. The summed E-state index contributed by atoms with van der Waals surface area (Å²) in [4.78, 5) is 20.9. The maximum absolute atomic E-state index is 13.1. The van der Waals surface area contributed by atoms with E-state index >= 15 is 0 Å². The third-order valence-electron chi connectivity index (χ3n) is 2.52. The lowest BCUT2D eigenvalue weighted by Gasteiger charge is -2.07. The van der Waals surface area contributed by atoms with Crippen LogP contribution in [0.1, 0.15) is 10.4 Å². The molecule has 21 heavy (non-hydrogen) atoms. The van der Waals surface area contributed by atoms with Gasteiger partial charge in [0, 0.05) is 18.2 Å². The Labute approximate surface area is 116 Å². The highest BCUT2D eigenvalue weighted by Crippen LogP contribution is 2.32. The van der Waals surface area contributed by atoms with Crippen LogP contribution < -0.4 is 4.74 Å². The average molecular weight is 295 g/mol. The molecule has 0 unspecified atom stereocenters. The molecule has 0 aromatic heterocycles. The van der Waals surface area contributed by atoms with Crippen molar-refractivity contribution in [3.63, 3.8) is 0 Å². The van der Waals surface area contributed by atoms with E-state index in [1.54, 1.807) is 0 Å². The number of aromatic carboxylic acids is 1. The summed E-state index contributed by atoms with van der Waals surface area (Å²) in [7, 11) is 0. The zero-order chi connectivity index (χ0) is 15.6. The van der Waals surface area contributed by atoms with Crippen LogP contribution in [-0.4, -0.2) is 16.0 Å². The van der Waals surface area contributed by atoms with Crippen molar-refractivity contribution in [1.29, 1.82) is 0 Å². The number of nitro groups is 1. The SMILES string of the molecule is O=C(O)c1ccc([N+](=O)[O-])c(Oc2ccc(F)c(F)c2)c1. The summed E-state index contributed by atoms with van der Waals surface area (Å²) in [5, 5.41) is 19.7. The Bertz CT molecular complexity index is 732. The van der Waals surface area contributed by atoms with Gasteiger partial charge in [0.25, 0.3) is 0 Å². The van der Waals surface area contributed by atoms with Gasteiger partial charge >= 0.3 is 11.7 Å². The summed E-state index contributed by atoms with van der Waals surface area (Å²) < 4.78 is 30.9. The molecule has 0 aliphatic carbocycles. The highest BCUT2D eigenvalue weighted by atomic mass is 19.2. The number of carbonyl (C=O) groups is 1. The summed E-state index contributed by atoms with van der Waals surface area (Å²) in [6.45, 7) is 0. The first-order valence-electron chi connectivity index (χ1n) is 5.53. The Morgan fingerprint density at radius 1 is 1.14 bits per heavy atom. The van der Waals surface area contributed by atoms with Crippen molar-refractivity contribution in [2.75, 3.05) is 0 Å². The molecule has 0 radical (unpaired) electrons. The standard InChI is InChI=1S/C13H7F2NO5/c14-9-3-2-8(6-10(9)15)21-12-5-7(13(17)18)1-4-11(12)16(19)20/h1-6H,(H,17,18). The van der Waals surface area contributed by atoms with Gasteiger partial charge in [-0.3, -0.25) is 10.1 Å². The number of nitro benzene ring substituents is 1. The van der Waals surface area contributed by atoms with Gasteiger partial charge in [0.2, 0.25) is 5.75 Å². The zero-order valence-corrected chi connectivity index (χ0v) is 10.2. The Balaban J connectivity index is 2.45. The second-order valence-corrected chi connectivity index (χ2v) is 3.92. The van der Waals surface area contributed by atoms with Gasteiger partial charge < -0.3 is 9.84 Å². The number of carboxylic acid groups (broad SMARTS) is 1. The molecule has 0 saturated carbocycles. The maximum atomic E-state index is 13.1. The minimum atomic E-state index is -1.31. The second-order valence-electron chi connectivity index (χ2n) is 3.92. The summed E-state index contributed by atoms with van der Waals surface area (Å²) in [6.07, 6.45) is 0. The monoisotopic (exact) mass is 295 g/mol. The van der Waals surface area contributed by atoms with Gasteiger partial charge in [-0.2, -0.15) is 0 Å². The molecule has 0 saturated heterocycles. The third-order valence-corrected chi connectivity index (χ3v) is 2.52. The molecule has 6 nitrogen and oxygen atoms in total. The topological polar surface area (TPSA) is 89.7 Å². The van der Waals surface area contributed by atoms with E-state index in [0.29, 0.717) is 6.07 Å². The minimum Gasteiger partial charge on any atom is -0.478 e. The molecule has 2 rings (SSSR count). The average Bonchev–Trinajstić information content (AvgIpc) is 2.42.